The Hall–Kier alpha value is -1.10. The fourth-order valence-corrected chi connectivity index (χ4v) is 3.15. The van der Waals surface area contributed by atoms with Gasteiger partial charge in [0.25, 0.3) is 0 Å². The second kappa shape index (κ2) is 14.8. The van der Waals surface area contributed by atoms with Crippen LogP contribution >= 0.6 is 24.0 Å². The summed E-state index contributed by atoms with van der Waals surface area (Å²) < 4.78 is 11.2. The summed E-state index contributed by atoms with van der Waals surface area (Å²) in [6.45, 7) is 12.3. The molecule has 0 aromatic heterocycles. The third kappa shape index (κ3) is 10.8. The van der Waals surface area contributed by atoms with Gasteiger partial charge >= 0.3 is 0 Å². The zero-order chi connectivity index (χ0) is 21.0. The van der Waals surface area contributed by atoms with Crippen molar-refractivity contribution in [1.29, 1.82) is 0 Å². The molecule has 0 radical (unpaired) electrons. The minimum atomic E-state index is -0.847. The van der Waals surface area contributed by atoms with Crippen LogP contribution in [0.15, 0.2) is 29.3 Å². The van der Waals surface area contributed by atoms with E-state index in [9.17, 15) is 5.11 Å². The van der Waals surface area contributed by atoms with Gasteiger partial charge in [-0.2, -0.15) is 0 Å². The maximum absolute atomic E-state index is 10.8. The van der Waals surface area contributed by atoms with Gasteiger partial charge in [-0.1, -0.05) is 25.5 Å². The number of hydrogen-bond acceptors (Lipinski definition) is 5. The lowest BCUT2D eigenvalue weighted by Crippen LogP contribution is -2.52. The van der Waals surface area contributed by atoms with E-state index in [2.05, 4.69) is 27.4 Å². The maximum Gasteiger partial charge on any atom is 0.191 e. The van der Waals surface area contributed by atoms with Crippen LogP contribution in [-0.2, 0) is 11.3 Å². The Morgan fingerprint density at radius 2 is 2.03 bits per heavy atom. The fourth-order valence-electron chi connectivity index (χ4n) is 3.15. The molecule has 0 aliphatic carbocycles. The first-order valence-corrected chi connectivity index (χ1v) is 10.8. The van der Waals surface area contributed by atoms with Gasteiger partial charge in [-0.3, -0.25) is 4.90 Å². The van der Waals surface area contributed by atoms with Crippen molar-refractivity contribution >= 4 is 29.9 Å². The molecular formula is C22H39IN4O3. The van der Waals surface area contributed by atoms with Gasteiger partial charge in [0.15, 0.2) is 5.96 Å². The van der Waals surface area contributed by atoms with Crippen molar-refractivity contribution in [2.45, 2.75) is 45.8 Å². The quantitative estimate of drug-likeness (QED) is 0.175. The summed E-state index contributed by atoms with van der Waals surface area (Å²) in [5.74, 6) is 1.59. The fraction of sp³-hybridized carbons (Fsp3) is 0.682. The molecule has 1 saturated heterocycles. The van der Waals surface area contributed by atoms with E-state index < -0.39 is 5.60 Å². The van der Waals surface area contributed by atoms with Gasteiger partial charge in [-0.25, -0.2) is 4.99 Å². The number of guanidine groups is 1. The van der Waals surface area contributed by atoms with Crippen molar-refractivity contribution < 1.29 is 14.6 Å². The minimum Gasteiger partial charge on any atom is -0.494 e. The summed E-state index contributed by atoms with van der Waals surface area (Å²) in [7, 11) is 0. The third-order valence-electron chi connectivity index (χ3n) is 4.73. The Morgan fingerprint density at radius 3 is 2.73 bits per heavy atom. The first-order valence-electron chi connectivity index (χ1n) is 10.8. The molecule has 1 unspecified atom stereocenters. The van der Waals surface area contributed by atoms with Crippen molar-refractivity contribution in [2.75, 3.05) is 52.5 Å². The van der Waals surface area contributed by atoms with Crippen LogP contribution in [0.25, 0.3) is 0 Å². The van der Waals surface area contributed by atoms with Crippen molar-refractivity contribution in [2.24, 2.45) is 4.99 Å². The summed E-state index contributed by atoms with van der Waals surface area (Å²) in [6.07, 6.45) is 2.18. The predicted octanol–water partition coefficient (Wildman–Crippen LogP) is 2.62. The minimum absolute atomic E-state index is 0. The Balaban J connectivity index is 0.00000450. The van der Waals surface area contributed by atoms with Crippen molar-refractivity contribution in [3.8, 4) is 5.75 Å². The molecule has 30 heavy (non-hydrogen) atoms. The lowest BCUT2D eigenvalue weighted by atomic mass is 10.1. The second-order valence-corrected chi connectivity index (χ2v) is 7.78. The highest BCUT2D eigenvalue weighted by atomic mass is 127. The highest BCUT2D eigenvalue weighted by molar-refractivity contribution is 14.0. The topological polar surface area (TPSA) is 78.3 Å². The van der Waals surface area contributed by atoms with E-state index in [1.165, 1.54) is 0 Å². The number of morpholine rings is 1. The zero-order valence-electron chi connectivity index (χ0n) is 18.7. The van der Waals surface area contributed by atoms with Gasteiger partial charge in [-0.15, -0.1) is 24.0 Å². The Labute approximate surface area is 198 Å². The monoisotopic (exact) mass is 534 g/mol. The molecule has 1 aliphatic rings. The zero-order valence-corrected chi connectivity index (χ0v) is 21.0. The van der Waals surface area contributed by atoms with E-state index in [1.54, 1.807) is 0 Å². The van der Waals surface area contributed by atoms with Gasteiger partial charge in [0.1, 0.15) is 5.75 Å². The molecule has 0 bridgehead atoms. The van der Waals surface area contributed by atoms with E-state index in [-0.39, 0.29) is 24.0 Å². The number of halogens is 1. The number of nitrogens with one attached hydrogen (secondary N) is 2. The van der Waals surface area contributed by atoms with Crippen molar-refractivity contribution in [3.63, 3.8) is 0 Å². The van der Waals surface area contributed by atoms with Crippen LogP contribution in [0.4, 0.5) is 0 Å². The molecule has 1 heterocycles. The average molecular weight is 534 g/mol. The van der Waals surface area contributed by atoms with Crippen molar-refractivity contribution in [1.82, 2.24) is 15.5 Å². The molecule has 0 amide bonds. The predicted molar refractivity (Wildman–Crippen MR) is 133 cm³/mol. The van der Waals surface area contributed by atoms with Crippen LogP contribution in [0.3, 0.4) is 0 Å². The second-order valence-electron chi connectivity index (χ2n) is 7.78. The normalized spacial score (nSPS) is 17.0. The maximum atomic E-state index is 10.8. The molecule has 1 atom stereocenters. The van der Waals surface area contributed by atoms with E-state index in [4.69, 9.17) is 9.47 Å². The van der Waals surface area contributed by atoms with Gasteiger partial charge in [-0.05, 0) is 38.0 Å². The number of ether oxygens (including phenoxy) is 2. The molecule has 1 aliphatic heterocycles. The number of nitrogens with zero attached hydrogens (tertiary/aromatic N) is 2. The van der Waals surface area contributed by atoms with E-state index in [1.807, 2.05) is 38.1 Å². The molecular weight excluding hydrogens is 495 g/mol. The number of aliphatic imine (C=N–C) groups is 1. The molecule has 2 rings (SSSR count). The van der Waals surface area contributed by atoms with Crippen LogP contribution in [-0.4, -0.2) is 74.1 Å². The van der Waals surface area contributed by atoms with Crippen LogP contribution in [0.5, 0.6) is 5.75 Å². The standard InChI is InChI=1S/C22H38N4O3.HI/c1-4-6-12-29-20-9-7-8-19(15-20)16-24-21(23-5-2)25-17-22(3,27)18-26-10-13-28-14-11-26;/h7-9,15,27H,4-6,10-14,16-18H2,1-3H3,(H2,23,24,25);1H. The van der Waals surface area contributed by atoms with Crippen molar-refractivity contribution in [3.05, 3.63) is 29.8 Å². The van der Waals surface area contributed by atoms with Crippen LogP contribution in [0.1, 0.15) is 39.2 Å². The summed E-state index contributed by atoms with van der Waals surface area (Å²) in [4.78, 5) is 6.90. The van der Waals surface area contributed by atoms with E-state index in [0.29, 0.717) is 25.6 Å². The highest BCUT2D eigenvalue weighted by Gasteiger charge is 2.25. The molecule has 3 N–H and O–H groups in total. The smallest absolute Gasteiger partial charge is 0.191 e. The van der Waals surface area contributed by atoms with Crippen LogP contribution < -0.4 is 15.4 Å². The first-order chi connectivity index (χ1) is 14.0. The molecule has 1 fully saturated rings. The first kappa shape index (κ1) is 26.9. The van der Waals surface area contributed by atoms with Crippen LogP contribution in [0, 0.1) is 0 Å². The summed E-state index contributed by atoms with van der Waals surface area (Å²) in [5, 5.41) is 17.3. The Kier molecular flexibility index (Phi) is 13.3. The lowest BCUT2D eigenvalue weighted by Gasteiger charge is -2.34. The summed E-state index contributed by atoms with van der Waals surface area (Å²) in [5.41, 5.74) is 0.247. The number of aliphatic hydroxyl groups is 1. The molecule has 172 valence electrons. The lowest BCUT2D eigenvalue weighted by molar-refractivity contribution is -0.0201. The number of rotatable bonds is 11. The van der Waals surface area contributed by atoms with Gasteiger partial charge in [0.05, 0.1) is 32.0 Å². The molecule has 1 aromatic rings. The number of benzene rings is 1. The summed E-state index contributed by atoms with van der Waals surface area (Å²) >= 11 is 0. The molecule has 0 saturated carbocycles. The number of unbranched alkanes of at least 4 members (excludes halogenated alkanes) is 1. The Morgan fingerprint density at radius 1 is 1.27 bits per heavy atom. The highest BCUT2D eigenvalue weighted by Crippen LogP contribution is 2.14. The number of β-amino-alcohol motifs (C(OH)–C–C–N with tert-alkyl or cyclic N) is 1. The average Bonchev–Trinajstić information content (AvgIpc) is 2.71. The molecule has 1 aromatic carbocycles. The molecule has 8 heteroatoms. The molecule has 0 spiro atoms. The van der Waals surface area contributed by atoms with E-state index >= 15 is 0 Å². The third-order valence-corrected chi connectivity index (χ3v) is 4.73. The largest absolute Gasteiger partial charge is 0.494 e. The van der Waals surface area contributed by atoms with Gasteiger partial charge in [0, 0.05) is 32.7 Å². The van der Waals surface area contributed by atoms with Gasteiger partial charge < -0.3 is 25.2 Å². The number of hydrogen-bond donors (Lipinski definition) is 3. The summed E-state index contributed by atoms with van der Waals surface area (Å²) in [6, 6.07) is 8.07. The van der Waals surface area contributed by atoms with E-state index in [0.717, 1.165) is 63.6 Å². The SMILES string of the molecule is CCCCOc1cccc(CN=C(NCC)NCC(C)(O)CN2CCOCC2)c1.I. The van der Waals surface area contributed by atoms with Crippen LogP contribution in [0.2, 0.25) is 0 Å². The molecule has 7 nitrogen and oxygen atoms in total. The Bertz CT molecular complexity index is 622. The van der Waals surface area contributed by atoms with Gasteiger partial charge in [0.2, 0.25) is 0 Å².